The van der Waals surface area contributed by atoms with E-state index in [1.54, 1.807) is 36.5 Å². The molecule has 1 N–H and O–H groups in total. The highest BCUT2D eigenvalue weighted by atomic mass is 32.2. The number of oxazole rings is 1. The fourth-order valence-corrected chi connectivity index (χ4v) is 3.17. The first-order valence-corrected chi connectivity index (χ1v) is 8.93. The van der Waals surface area contributed by atoms with Gasteiger partial charge in [-0.2, -0.15) is 0 Å². The van der Waals surface area contributed by atoms with Crippen LogP contribution in [0.5, 0.6) is 0 Å². The number of carbonyl (C=O) groups excluding carboxylic acids is 1. The minimum atomic E-state index is -3.50. The summed E-state index contributed by atoms with van der Waals surface area (Å²) in [6.45, 7) is 0. The maximum atomic E-state index is 12.5. The highest BCUT2D eigenvalue weighted by Gasteiger charge is 2.18. The van der Waals surface area contributed by atoms with E-state index in [1.165, 1.54) is 18.5 Å². The Bertz CT molecular complexity index is 979. The Morgan fingerprint density at radius 2 is 1.92 bits per heavy atom. The topological polar surface area (TPSA) is 89.3 Å². The zero-order chi connectivity index (χ0) is 17.2. The van der Waals surface area contributed by atoms with Gasteiger partial charge in [-0.25, -0.2) is 13.4 Å². The highest BCUT2D eigenvalue weighted by Crippen LogP contribution is 2.23. The van der Waals surface area contributed by atoms with Crippen LogP contribution < -0.4 is 5.32 Å². The van der Waals surface area contributed by atoms with Gasteiger partial charge in [0.25, 0.3) is 5.91 Å². The van der Waals surface area contributed by atoms with Crippen molar-refractivity contribution in [2.45, 2.75) is 4.90 Å². The van der Waals surface area contributed by atoms with Gasteiger partial charge in [-0.1, -0.05) is 24.3 Å². The molecule has 7 heteroatoms. The average Bonchev–Trinajstić information content (AvgIpc) is 3.09. The van der Waals surface area contributed by atoms with E-state index in [1.807, 2.05) is 6.07 Å². The predicted octanol–water partition coefficient (Wildman–Crippen LogP) is 3.00. The maximum Gasteiger partial charge on any atom is 0.256 e. The number of benzene rings is 2. The highest BCUT2D eigenvalue weighted by molar-refractivity contribution is 7.90. The van der Waals surface area contributed by atoms with Gasteiger partial charge in [0.2, 0.25) is 0 Å². The molecule has 0 fully saturated rings. The number of carbonyl (C=O) groups is 1. The number of aromatic nitrogens is 1. The van der Waals surface area contributed by atoms with Crippen LogP contribution >= 0.6 is 0 Å². The lowest BCUT2D eigenvalue weighted by Gasteiger charge is -2.09. The third-order valence-electron chi connectivity index (χ3n) is 3.37. The lowest BCUT2D eigenvalue weighted by molar-refractivity contribution is 0.102. The predicted molar refractivity (Wildman–Crippen MR) is 89.4 cm³/mol. The minimum Gasteiger partial charge on any atom is -0.444 e. The number of anilines is 1. The van der Waals surface area contributed by atoms with Crippen molar-refractivity contribution >= 4 is 21.4 Å². The largest absolute Gasteiger partial charge is 0.444 e. The van der Waals surface area contributed by atoms with E-state index in [4.69, 9.17) is 4.42 Å². The number of hydrogen-bond donors (Lipinski definition) is 1. The minimum absolute atomic E-state index is 0.00566. The third-order valence-corrected chi connectivity index (χ3v) is 4.52. The maximum absolute atomic E-state index is 12.5. The van der Waals surface area contributed by atoms with Crippen LogP contribution in [-0.2, 0) is 9.84 Å². The lowest BCUT2D eigenvalue weighted by Crippen LogP contribution is -2.16. The summed E-state index contributed by atoms with van der Waals surface area (Å²) in [7, 11) is -3.50. The van der Waals surface area contributed by atoms with Crippen molar-refractivity contribution in [1.29, 1.82) is 0 Å². The summed E-state index contributed by atoms with van der Waals surface area (Å²) < 4.78 is 28.9. The quantitative estimate of drug-likeness (QED) is 0.787. The molecule has 0 atom stereocenters. The molecule has 0 saturated carbocycles. The Hall–Kier alpha value is -2.93. The van der Waals surface area contributed by atoms with Gasteiger partial charge >= 0.3 is 0 Å². The van der Waals surface area contributed by atoms with E-state index in [-0.39, 0.29) is 10.5 Å². The molecule has 0 aliphatic rings. The van der Waals surface area contributed by atoms with Gasteiger partial charge in [-0.05, 0) is 24.3 Å². The van der Waals surface area contributed by atoms with Crippen LogP contribution in [0.2, 0.25) is 0 Å². The van der Waals surface area contributed by atoms with E-state index in [9.17, 15) is 13.2 Å². The molecule has 1 amide bonds. The normalized spacial score (nSPS) is 11.2. The number of nitrogens with one attached hydrogen (secondary N) is 1. The summed E-state index contributed by atoms with van der Waals surface area (Å²) in [4.78, 5) is 16.3. The SMILES string of the molecule is CS(=O)(=O)c1ccccc1C(=O)Nc1cccc(-c2cnco2)c1. The summed E-state index contributed by atoms with van der Waals surface area (Å²) in [6.07, 6.45) is 3.96. The molecule has 0 spiro atoms. The smallest absolute Gasteiger partial charge is 0.256 e. The third kappa shape index (κ3) is 3.36. The Morgan fingerprint density at radius 1 is 1.12 bits per heavy atom. The second-order valence-corrected chi connectivity index (χ2v) is 7.15. The molecular weight excluding hydrogens is 328 g/mol. The van der Waals surface area contributed by atoms with Crippen molar-refractivity contribution in [3.63, 3.8) is 0 Å². The number of nitrogens with zero attached hydrogens (tertiary/aromatic N) is 1. The molecule has 122 valence electrons. The Kier molecular flexibility index (Phi) is 4.18. The second kappa shape index (κ2) is 6.29. The molecule has 0 radical (unpaired) electrons. The van der Waals surface area contributed by atoms with Crippen molar-refractivity contribution < 1.29 is 17.6 Å². The summed E-state index contributed by atoms with van der Waals surface area (Å²) in [6, 6.07) is 13.1. The van der Waals surface area contributed by atoms with Crippen LogP contribution in [0.4, 0.5) is 5.69 Å². The Morgan fingerprint density at radius 3 is 2.62 bits per heavy atom. The van der Waals surface area contributed by atoms with Crippen LogP contribution in [0, 0.1) is 0 Å². The van der Waals surface area contributed by atoms with Crippen LogP contribution in [-0.4, -0.2) is 25.6 Å². The molecule has 6 nitrogen and oxygen atoms in total. The van der Waals surface area contributed by atoms with Gasteiger partial charge in [0.1, 0.15) is 0 Å². The fourth-order valence-electron chi connectivity index (χ4n) is 2.28. The number of hydrogen-bond acceptors (Lipinski definition) is 5. The Labute approximate surface area is 139 Å². The molecule has 1 aromatic heterocycles. The van der Waals surface area contributed by atoms with Crippen molar-refractivity contribution in [3.8, 4) is 11.3 Å². The second-order valence-electron chi connectivity index (χ2n) is 5.17. The molecule has 1 heterocycles. The molecule has 0 unspecified atom stereocenters. The van der Waals surface area contributed by atoms with E-state index in [0.717, 1.165) is 11.8 Å². The first kappa shape index (κ1) is 15.9. The lowest BCUT2D eigenvalue weighted by atomic mass is 10.1. The zero-order valence-electron chi connectivity index (χ0n) is 12.8. The fraction of sp³-hybridized carbons (Fsp3) is 0.0588. The van der Waals surface area contributed by atoms with Crippen LogP contribution in [0.25, 0.3) is 11.3 Å². The van der Waals surface area contributed by atoms with E-state index >= 15 is 0 Å². The average molecular weight is 342 g/mol. The van der Waals surface area contributed by atoms with Crippen LogP contribution in [0.1, 0.15) is 10.4 Å². The van der Waals surface area contributed by atoms with Crippen LogP contribution in [0.15, 0.2) is 70.4 Å². The Balaban J connectivity index is 1.90. The molecule has 0 aliphatic heterocycles. The summed E-state index contributed by atoms with van der Waals surface area (Å²) in [5, 5.41) is 2.71. The summed E-state index contributed by atoms with van der Waals surface area (Å²) >= 11 is 0. The van der Waals surface area contributed by atoms with Crippen molar-refractivity contribution in [1.82, 2.24) is 4.98 Å². The van der Waals surface area contributed by atoms with Gasteiger partial charge in [0.15, 0.2) is 22.0 Å². The van der Waals surface area contributed by atoms with Gasteiger partial charge in [-0.3, -0.25) is 4.79 Å². The number of sulfone groups is 1. The first-order valence-electron chi connectivity index (χ1n) is 7.04. The van der Waals surface area contributed by atoms with Crippen molar-refractivity contribution in [2.75, 3.05) is 11.6 Å². The summed E-state index contributed by atoms with van der Waals surface area (Å²) in [5.74, 6) is 0.0772. The molecule has 3 rings (SSSR count). The summed E-state index contributed by atoms with van der Waals surface area (Å²) in [5.41, 5.74) is 1.38. The zero-order valence-corrected chi connectivity index (χ0v) is 13.6. The number of rotatable bonds is 4. The molecule has 0 saturated heterocycles. The standard InChI is InChI=1S/C17H14N2O4S/c1-24(21,22)16-8-3-2-7-14(16)17(20)19-13-6-4-5-12(9-13)15-10-18-11-23-15/h2-11H,1H3,(H,19,20). The van der Waals surface area contributed by atoms with Gasteiger partial charge in [-0.15, -0.1) is 0 Å². The molecule has 24 heavy (non-hydrogen) atoms. The van der Waals surface area contributed by atoms with Gasteiger partial charge < -0.3 is 9.73 Å². The molecule has 3 aromatic rings. The molecular formula is C17H14N2O4S. The van der Waals surface area contributed by atoms with Crippen molar-refractivity contribution in [2.24, 2.45) is 0 Å². The monoisotopic (exact) mass is 342 g/mol. The molecule has 0 aliphatic carbocycles. The first-order chi connectivity index (χ1) is 11.4. The van der Waals surface area contributed by atoms with Gasteiger partial charge in [0.05, 0.1) is 16.7 Å². The van der Waals surface area contributed by atoms with E-state index in [2.05, 4.69) is 10.3 Å². The molecule has 2 aromatic carbocycles. The van der Waals surface area contributed by atoms with Crippen molar-refractivity contribution in [3.05, 3.63) is 66.7 Å². The molecule has 0 bridgehead atoms. The van der Waals surface area contributed by atoms with E-state index < -0.39 is 15.7 Å². The van der Waals surface area contributed by atoms with Gasteiger partial charge in [0, 0.05) is 17.5 Å². The van der Waals surface area contributed by atoms with Crippen LogP contribution in [0.3, 0.4) is 0 Å². The number of amides is 1. The van der Waals surface area contributed by atoms with E-state index in [0.29, 0.717) is 11.4 Å².